The number of carbonyl (C=O) groups is 1. The number of nitrogens with zero attached hydrogens (tertiary/aromatic N) is 3. The summed E-state index contributed by atoms with van der Waals surface area (Å²) >= 11 is 7.20. The van der Waals surface area contributed by atoms with Crippen LogP contribution in [0.4, 0.5) is 0 Å². The lowest BCUT2D eigenvalue weighted by Gasteiger charge is -2.08. The number of ether oxygens (including phenoxy) is 1. The van der Waals surface area contributed by atoms with E-state index in [2.05, 4.69) is 29.4 Å². The molecule has 1 aromatic heterocycles. The maximum atomic E-state index is 11.8. The fourth-order valence-electron chi connectivity index (χ4n) is 1.77. The van der Waals surface area contributed by atoms with Crippen LogP contribution in [0.5, 0.6) is 5.75 Å². The second-order valence-corrected chi connectivity index (χ2v) is 7.07. The van der Waals surface area contributed by atoms with Crippen molar-refractivity contribution in [1.82, 2.24) is 20.1 Å². The lowest BCUT2D eigenvalue weighted by Crippen LogP contribution is -2.28. The van der Waals surface area contributed by atoms with Gasteiger partial charge in [-0.25, -0.2) is 0 Å². The van der Waals surface area contributed by atoms with Crippen LogP contribution < -0.4 is 10.1 Å². The van der Waals surface area contributed by atoms with E-state index in [0.29, 0.717) is 46.6 Å². The monoisotopic (exact) mass is 368 g/mol. The van der Waals surface area contributed by atoms with Crippen LogP contribution in [0.25, 0.3) is 0 Å². The molecule has 6 nitrogen and oxygen atoms in total. The van der Waals surface area contributed by atoms with Gasteiger partial charge in [0.25, 0.3) is 0 Å². The number of aromatic nitrogens is 3. The molecule has 0 aliphatic carbocycles. The number of carbonyl (C=O) groups excluding carboxylic acids is 1. The Morgan fingerprint density at radius 2 is 2.04 bits per heavy atom. The number of amides is 1. The summed E-state index contributed by atoms with van der Waals surface area (Å²) in [6.07, 6.45) is 0. The van der Waals surface area contributed by atoms with Gasteiger partial charge >= 0.3 is 0 Å². The van der Waals surface area contributed by atoms with Crippen molar-refractivity contribution in [2.45, 2.75) is 25.6 Å². The zero-order chi connectivity index (χ0) is 17.5. The van der Waals surface area contributed by atoms with E-state index < -0.39 is 0 Å². The predicted octanol–water partition coefficient (Wildman–Crippen LogP) is 2.91. The quantitative estimate of drug-likeness (QED) is 0.725. The third-order valence-electron chi connectivity index (χ3n) is 3.15. The Balaban J connectivity index is 1.84. The first kappa shape index (κ1) is 18.6. The molecule has 0 saturated carbocycles. The number of rotatable bonds is 8. The van der Waals surface area contributed by atoms with Crippen LogP contribution in [0.3, 0.4) is 0 Å². The summed E-state index contributed by atoms with van der Waals surface area (Å²) in [5, 5.41) is 12.4. The first-order valence-electron chi connectivity index (χ1n) is 7.62. The largest absolute Gasteiger partial charge is 0.486 e. The predicted molar refractivity (Wildman–Crippen MR) is 95.4 cm³/mol. The second kappa shape index (κ2) is 8.94. The molecule has 1 N–H and O–H groups in total. The van der Waals surface area contributed by atoms with Crippen LogP contribution in [-0.2, 0) is 18.4 Å². The second-order valence-electron chi connectivity index (χ2n) is 5.69. The smallest absolute Gasteiger partial charge is 0.230 e. The van der Waals surface area contributed by atoms with Gasteiger partial charge < -0.3 is 14.6 Å². The van der Waals surface area contributed by atoms with Crippen molar-refractivity contribution in [3.63, 3.8) is 0 Å². The molecular formula is C16H21ClN4O2S. The summed E-state index contributed by atoms with van der Waals surface area (Å²) in [5.41, 5.74) is 0. The molecule has 0 atom stereocenters. The zero-order valence-corrected chi connectivity index (χ0v) is 15.5. The molecule has 24 heavy (non-hydrogen) atoms. The van der Waals surface area contributed by atoms with Crippen LogP contribution in [0, 0.1) is 5.92 Å². The lowest BCUT2D eigenvalue weighted by molar-refractivity contribution is -0.118. The minimum atomic E-state index is -0.00401. The van der Waals surface area contributed by atoms with Crippen LogP contribution in [-0.4, -0.2) is 33.0 Å². The molecule has 1 heterocycles. The van der Waals surface area contributed by atoms with Crippen molar-refractivity contribution in [3.05, 3.63) is 35.1 Å². The summed E-state index contributed by atoms with van der Waals surface area (Å²) in [6, 6.07) is 7.13. The topological polar surface area (TPSA) is 69.0 Å². The van der Waals surface area contributed by atoms with Crippen LogP contribution >= 0.6 is 23.4 Å². The minimum absolute atomic E-state index is 0.00401. The zero-order valence-electron chi connectivity index (χ0n) is 14.0. The molecule has 130 valence electrons. The van der Waals surface area contributed by atoms with Gasteiger partial charge in [-0.05, 0) is 30.2 Å². The maximum absolute atomic E-state index is 11.8. The van der Waals surface area contributed by atoms with E-state index in [-0.39, 0.29) is 5.91 Å². The summed E-state index contributed by atoms with van der Waals surface area (Å²) < 4.78 is 7.49. The normalized spacial score (nSPS) is 10.9. The molecule has 0 saturated heterocycles. The SMILES string of the molecule is CC(C)CNC(=O)CSc1nnc(COc2ccc(Cl)cc2)n1C. The number of nitrogens with one attached hydrogen (secondary N) is 1. The Morgan fingerprint density at radius 3 is 2.71 bits per heavy atom. The van der Waals surface area contributed by atoms with E-state index in [1.165, 1.54) is 11.8 Å². The van der Waals surface area contributed by atoms with E-state index >= 15 is 0 Å². The third-order valence-corrected chi connectivity index (χ3v) is 4.42. The highest BCUT2D eigenvalue weighted by atomic mass is 35.5. The van der Waals surface area contributed by atoms with E-state index in [1.807, 2.05) is 11.6 Å². The van der Waals surface area contributed by atoms with Crippen molar-refractivity contribution in [3.8, 4) is 5.75 Å². The number of thioether (sulfide) groups is 1. The third kappa shape index (κ3) is 5.72. The number of hydrogen-bond donors (Lipinski definition) is 1. The fraction of sp³-hybridized carbons (Fsp3) is 0.438. The standard InChI is InChI=1S/C16H21ClN4O2S/c1-11(2)8-18-15(22)10-24-16-20-19-14(21(16)3)9-23-13-6-4-12(17)5-7-13/h4-7,11H,8-10H2,1-3H3,(H,18,22). The van der Waals surface area contributed by atoms with Gasteiger partial charge in [-0.15, -0.1) is 10.2 Å². The fourth-order valence-corrected chi connectivity index (χ4v) is 2.66. The van der Waals surface area contributed by atoms with Gasteiger partial charge in [0, 0.05) is 18.6 Å². The number of benzene rings is 1. The van der Waals surface area contributed by atoms with Gasteiger partial charge in [-0.2, -0.15) is 0 Å². The molecule has 1 aromatic carbocycles. The van der Waals surface area contributed by atoms with Gasteiger partial charge in [0.1, 0.15) is 12.4 Å². The summed E-state index contributed by atoms with van der Waals surface area (Å²) in [6.45, 7) is 5.09. The molecule has 0 radical (unpaired) electrons. The highest BCUT2D eigenvalue weighted by molar-refractivity contribution is 7.99. The Kier molecular flexibility index (Phi) is 6.93. The first-order valence-corrected chi connectivity index (χ1v) is 8.98. The van der Waals surface area contributed by atoms with Gasteiger partial charge in [0.2, 0.25) is 5.91 Å². The molecule has 8 heteroatoms. The Morgan fingerprint density at radius 1 is 1.33 bits per heavy atom. The number of hydrogen-bond acceptors (Lipinski definition) is 5. The molecular weight excluding hydrogens is 348 g/mol. The molecule has 0 aliphatic rings. The van der Waals surface area contributed by atoms with Crippen LogP contribution in [0.15, 0.2) is 29.4 Å². The highest BCUT2D eigenvalue weighted by Gasteiger charge is 2.12. The van der Waals surface area contributed by atoms with E-state index in [0.717, 1.165) is 0 Å². The van der Waals surface area contributed by atoms with Crippen molar-refractivity contribution >= 4 is 29.3 Å². The molecule has 0 bridgehead atoms. The summed E-state index contributed by atoms with van der Waals surface area (Å²) in [7, 11) is 1.86. The van der Waals surface area contributed by atoms with Crippen molar-refractivity contribution in [1.29, 1.82) is 0 Å². The summed E-state index contributed by atoms with van der Waals surface area (Å²) in [5.74, 6) is 2.15. The Bertz CT molecular complexity index is 673. The molecule has 0 fully saturated rings. The molecule has 2 rings (SSSR count). The average molecular weight is 369 g/mol. The van der Waals surface area contributed by atoms with E-state index in [9.17, 15) is 4.79 Å². The van der Waals surface area contributed by atoms with Gasteiger partial charge in [0.05, 0.1) is 5.75 Å². The van der Waals surface area contributed by atoms with Gasteiger partial charge in [-0.3, -0.25) is 4.79 Å². The lowest BCUT2D eigenvalue weighted by atomic mass is 10.2. The molecule has 1 amide bonds. The van der Waals surface area contributed by atoms with Crippen molar-refractivity contribution < 1.29 is 9.53 Å². The molecule has 0 spiro atoms. The van der Waals surface area contributed by atoms with Gasteiger partial charge in [0.15, 0.2) is 11.0 Å². The Hall–Kier alpha value is -1.73. The van der Waals surface area contributed by atoms with Crippen LogP contribution in [0.2, 0.25) is 5.02 Å². The molecule has 0 unspecified atom stereocenters. The van der Waals surface area contributed by atoms with E-state index in [1.54, 1.807) is 24.3 Å². The van der Waals surface area contributed by atoms with Crippen LogP contribution in [0.1, 0.15) is 19.7 Å². The maximum Gasteiger partial charge on any atom is 0.230 e. The van der Waals surface area contributed by atoms with Crippen molar-refractivity contribution in [2.24, 2.45) is 13.0 Å². The average Bonchev–Trinajstić information content (AvgIpc) is 2.90. The van der Waals surface area contributed by atoms with Gasteiger partial charge in [-0.1, -0.05) is 37.2 Å². The molecule has 2 aromatic rings. The highest BCUT2D eigenvalue weighted by Crippen LogP contribution is 2.18. The van der Waals surface area contributed by atoms with E-state index in [4.69, 9.17) is 16.3 Å². The Labute approximate surface area is 150 Å². The van der Waals surface area contributed by atoms with Crippen molar-refractivity contribution in [2.75, 3.05) is 12.3 Å². The minimum Gasteiger partial charge on any atom is -0.486 e. The first-order chi connectivity index (χ1) is 11.5. The summed E-state index contributed by atoms with van der Waals surface area (Å²) in [4.78, 5) is 11.8. The molecule has 0 aliphatic heterocycles. The number of halogens is 1.